The van der Waals surface area contributed by atoms with E-state index in [0.29, 0.717) is 5.90 Å². The Morgan fingerprint density at radius 3 is 1.65 bits per heavy atom. The summed E-state index contributed by atoms with van der Waals surface area (Å²) in [5.41, 5.74) is 1.79. The highest BCUT2D eigenvalue weighted by Gasteiger charge is 2.53. The first-order valence-corrected chi connectivity index (χ1v) is 7.04. The number of benzene rings is 2. The lowest BCUT2D eigenvalue weighted by Gasteiger charge is -2.32. The van der Waals surface area contributed by atoms with Gasteiger partial charge in [-0.3, -0.25) is 5.41 Å². The molecule has 0 radical (unpaired) electrons. The van der Waals surface area contributed by atoms with Crippen molar-refractivity contribution >= 4 is 5.90 Å². The highest BCUT2D eigenvalue weighted by atomic mass is 16.5. The highest BCUT2D eigenvalue weighted by molar-refractivity contribution is 5.92. The van der Waals surface area contributed by atoms with Crippen LogP contribution in [0, 0.1) is 11.3 Å². The molecule has 2 atom stereocenters. The largest absolute Gasteiger partial charge is 0.477 e. The third kappa shape index (κ3) is 1.68. The average molecular weight is 265 g/mol. The van der Waals surface area contributed by atoms with Crippen LogP contribution in [0.25, 0.3) is 0 Å². The van der Waals surface area contributed by atoms with Gasteiger partial charge in [0.1, 0.15) is 11.5 Å². The lowest BCUT2D eigenvalue weighted by molar-refractivity contribution is 0.194. The minimum absolute atomic E-state index is 0.0444. The molecule has 102 valence electrons. The van der Waals surface area contributed by atoms with Crippen molar-refractivity contribution in [2.45, 2.75) is 25.4 Å². The molecule has 3 rings (SSSR count). The highest BCUT2D eigenvalue weighted by Crippen LogP contribution is 2.47. The lowest BCUT2D eigenvalue weighted by atomic mass is 9.66. The predicted molar refractivity (Wildman–Crippen MR) is 81.1 cm³/mol. The Bertz CT molecular complexity index is 566. The van der Waals surface area contributed by atoms with E-state index in [1.807, 2.05) is 43.3 Å². The van der Waals surface area contributed by atoms with Gasteiger partial charge < -0.3 is 4.74 Å². The minimum atomic E-state index is -0.470. The second-order valence-electron chi connectivity index (χ2n) is 5.48. The minimum Gasteiger partial charge on any atom is -0.477 e. The zero-order valence-electron chi connectivity index (χ0n) is 11.8. The maximum absolute atomic E-state index is 8.47. The molecule has 0 amide bonds. The quantitative estimate of drug-likeness (QED) is 0.874. The molecule has 0 unspecified atom stereocenters. The number of ether oxygens (including phenoxy) is 1. The molecule has 0 spiro atoms. The molecular weight excluding hydrogens is 246 g/mol. The molecular formula is C18H19NO. The van der Waals surface area contributed by atoms with Gasteiger partial charge in [-0.05, 0) is 18.1 Å². The molecule has 1 aliphatic heterocycles. The average Bonchev–Trinajstić information content (AvgIpc) is 2.72. The zero-order chi connectivity index (χ0) is 14.2. The van der Waals surface area contributed by atoms with Gasteiger partial charge in [0, 0.05) is 5.92 Å². The molecule has 0 saturated carbocycles. The van der Waals surface area contributed by atoms with E-state index in [-0.39, 0.29) is 12.0 Å². The van der Waals surface area contributed by atoms with Crippen molar-refractivity contribution in [2.24, 2.45) is 5.92 Å². The summed E-state index contributed by atoms with van der Waals surface area (Å²) in [6.07, 6.45) is 0.0444. The number of hydrogen-bond acceptors (Lipinski definition) is 2. The molecule has 2 aromatic rings. The fraction of sp³-hybridized carbons (Fsp3) is 0.278. The van der Waals surface area contributed by atoms with E-state index in [9.17, 15) is 0 Å². The molecule has 2 aromatic carbocycles. The Balaban J connectivity index is 2.27. The van der Waals surface area contributed by atoms with Gasteiger partial charge in [-0.2, -0.15) is 0 Å². The van der Waals surface area contributed by atoms with Crippen LogP contribution in [0.2, 0.25) is 0 Å². The maximum Gasteiger partial charge on any atom is 0.196 e. The number of nitrogens with one attached hydrogen (secondary N) is 1. The first-order valence-electron chi connectivity index (χ1n) is 7.04. The number of rotatable bonds is 2. The summed E-state index contributed by atoms with van der Waals surface area (Å²) < 4.78 is 5.78. The zero-order valence-corrected chi connectivity index (χ0v) is 11.8. The first-order chi connectivity index (χ1) is 9.67. The molecule has 0 bridgehead atoms. The summed E-state index contributed by atoms with van der Waals surface area (Å²) in [5, 5.41) is 8.47. The van der Waals surface area contributed by atoms with Gasteiger partial charge in [-0.25, -0.2) is 0 Å². The fourth-order valence-electron chi connectivity index (χ4n) is 3.30. The smallest absolute Gasteiger partial charge is 0.196 e. The molecule has 2 nitrogen and oxygen atoms in total. The topological polar surface area (TPSA) is 33.1 Å². The third-order valence-electron chi connectivity index (χ3n) is 4.51. The van der Waals surface area contributed by atoms with Crippen LogP contribution in [0.3, 0.4) is 0 Å². The second kappa shape index (κ2) is 4.78. The van der Waals surface area contributed by atoms with Crippen LogP contribution in [0.4, 0.5) is 0 Å². The van der Waals surface area contributed by atoms with Gasteiger partial charge in [-0.1, -0.05) is 67.6 Å². The van der Waals surface area contributed by atoms with E-state index in [0.717, 1.165) is 11.1 Å². The van der Waals surface area contributed by atoms with Gasteiger partial charge in [0.25, 0.3) is 0 Å². The van der Waals surface area contributed by atoms with Crippen LogP contribution in [0.15, 0.2) is 60.7 Å². The summed E-state index contributed by atoms with van der Waals surface area (Å²) in [7, 11) is 0. The summed E-state index contributed by atoms with van der Waals surface area (Å²) in [4.78, 5) is 0. The van der Waals surface area contributed by atoms with Crippen molar-refractivity contribution in [3.05, 3.63) is 71.8 Å². The Labute approximate surface area is 119 Å². The predicted octanol–water partition coefficient (Wildman–Crippen LogP) is 4.00. The van der Waals surface area contributed by atoms with Crippen molar-refractivity contribution in [3.63, 3.8) is 0 Å². The monoisotopic (exact) mass is 265 g/mol. The van der Waals surface area contributed by atoms with Crippen LogP contribution < -0.4 is 0 Å². The van der Waals surface area contributed by atoms with Crippen LogP contribution in [0.5, 0.6) is 0 Å². The molecule has 0 aromatic heterocycles. The van der Waals surface area contributed by atoms with Crippen LogP contribution in [-0.4, -0.2) is 12.0 Å². The van der Waals surface area contributed by atoms with Gasteiger partial charge in [0.15, 0.2) is 5.90 Å². The van der Waals surface area contributed by atoms with Gasteiger partial charge in [0.2, 0.25) is 0 Å². The van der Waals surface area contributed by atoms with Crippen molar-refractivity contribution < 1.29 is 4.74 Å². The third-order valence-corrected chi connectivity index (χ3v) is 4.51. The standard InChI is InChI=1S/C18H19NO/c1-13-14(2)20-17(19)18(13,15-9-5-3-6-10-15)16-11-7-4-8-12-16/h3-14,19H,1-2H3/t13-,14+/m1/s1. The van der Waals surface area contributed by atoms with Crippen molar-refractivity contribution in [1.29, 1.82) is 5.41 Å². The first kappa shape index (κ1) is 12.9. The van der Waals surface area contributed by atoms with E-state index in [2.05, 4.69) is 31.2 Å². The Hall–Kier alpha value is -2.09. The van der Waals surface area contributed by atoms with Crippen molar-refractivity contribution in [2.75, 3.05) is 0 Å². The maximum atomic E-state index is 8.47. The van der Waals surface area contributed by atoms with E-state index < -0.39 is 5.41 Å². The molecule has 1 N–H and O–H groups in total. The lowest BCUT2D eigenvalue weighted by Crippen LogP contribution is -2.38. The SMILES string of the molecule is C[C@@H]1OC(=N)C(c2ccccc2)(c2ccccc2)[C@@H]1C. The molecule has 20 heavy (non-hydrogen) atoms. The normalized spacial score (nSPS) is 24.4. The summed E-state index contributed by atoms with van der Waals surface area (Å²) in [6, 6.07) is 20.5. The van der Waals surface area contributed by atoms with Gasteiger partial charge in [-0.15, -0.1) is 0 Å². The summed E-state index contributed by atoms with van der Waals surface area (Å²) >= 11 is 0. The van der Waals surface area contributed by atoms with Gasteiger partial charge in [0.05, 0.1) is 0 Å². The van der Waals surface area contributed by atoms with Crippen LogP contribution in [0.1, 0.15) is 25.0 Å². The van der Waals surface area contributed by atoms with Crippen molar-refractivity contribution in [3.8, 4) is 0 Å². The molecule has 1 heterocycles. The van der Waals surface area contributed by atoms with E-state index in [1.54, 1.807) is 0 Å². The Kier molecular flexibility index (Phi) is 3.09. The summed E-state index contributed by atoms with van der Waals surface area (Å²) in [5.74, 6) is 0.578. The molecule has 1 saturated heterocycles. The number of hydrogen-bond donors (Lipinski definition) is 1. The van der Waals surface area contributed by atoms with Crippen LogP contribution >= 0.6 is 0 Å². The van der Waals surface area contributed by atoms with Crippen molar-refractivity contribution in [1.82, 2.24) is 0 Å². The van der Waals surface area contributed by atoms with Crippen LogP contribution in [-0.2, 0) is 10.2 Å². The van der Waals surface area contributed by atoms with E-state index in [4.69, 9.17) is 10.1 Å². The molecule has 1 aliphatic rings. The Morgan fingerprint density at radius 1 is 0.850 bits per heavy atom. The fourth-order valence-corrected chi connectivity index (χ4v) is 3.30. The molecule has 0 aliphatic carbocycles. The summed E-state index contributed by atoms with van der Waals surface area (Å²) in [6.45, 7) is 4.22. The molecule has 2 heteroatoms. The second-order valence-corrected chi connectivity index (χ2v) is 5.48. The Morgan fingerprint density at radius 2 is 1.30 bits per heavy atom. The van der Waals surface area contributed by atoms with E-state index >= 15 is 0 Å². The van der Waals surface area contributed by atoms with E-state index in [1.165, 1.54) is 0 Å². The molecule has 1 fully saturated rings. The van der Waals surface area contributed by atoms with Gasteiger partial charge >= 0.3 is 0 Å².